The van der Waals surface area contributed by atoms with Crippen LogP contribution in [0.4, 0.5) is 5.69 Å². The molecule has 0 unspecified atom stereocenters. The van der Waals surface area contributed by atoms with Crippen molar-refractivity contribution in [3.8, 4) is 0 Å². The molecular weight excluding hydrogens is 427 g/mol. The lowest BCUT2D eigenvalue weighted by molar-refractivity contribution is -0.387. The average molecular weight is 452 g/mol. The molecule has 2 aromatic rings. The van der Waals surface area contributed by atoms with Gasteiger partial charge in [0, 0.05) is 50.4 Å². The third-order valence-electron chi connectivity index (χ3n) is 5.28. The van der Waals surface area contributed by atoms with E-state index in [4.69, 9.17) is 9.47 Å². The van der Waals surface area contributed by atoms with Crippen molar-refractivity contribution in [3.63, 3.8) is 0 Å². The molecule has 1 aromatic carbocycles. The first kappa shape index (κ1) is 21.5. The van der Waals surface area contributed by atoms with Gasteiger partial charge >= 0.3 is 0 Å². The van der Waals surface area contributed by atoms with Gasteiger partial charge in [0.05, 0.1) is 36.2 Å². The van der Waals surface area contributed by atoms with Crippen molar-refractivity contribution in [3.05, 3.63) is 46.6 Å². The highest BCUT2D eigenvalue weighted by Gasteiger charge is 2.42. The highest BCUT2D eigenvalue weighted by atomic mass is 32.2. The van der Waals surface area contributed by atoms with Crippen LogP contribution in [0.5, 0.6) is 0 Å². The van der Waals surface area contributed by atoms with E-state index in [0.717, 1.165) is 10.3 Å². The number of morpholine rings is 2. The molecule has 11 heteroatoms. The quantitative estimate of drug-likeness (QED) is 0.375. The number of aryl methyl sites for hydroxylation is 1. The summed E-state index contributed by atoms with van der Waals surface area (Å²) in [5, 5.41) is 11.4. The van der Waals surface area contributed by atoms with Gasteiger partial charge in [-0.1, -0.05) is 23.9 Å². The van der Waals surface area contributed by atoms with Crippen molar-refractivity contribution in [1.82, 2.24) is 13.9 Å². The summed E-state index contributed by atoms with van der Waals surface area (Å²) in [6.07, 6.45) is 1.89. The number of para-hydroxylation sites is 1. The lowest BCUT2D eigenvalue weighted by Crippen LogP contribution is -2.47. The molecule has 0 aliphatic carbocycles. The second-order valence-corrected chi connectivity index (χ2v) is 10.9. The van der Waals surface area contributed by atoms with Crippen LogP contribution in [0.2, 0.25) is 0 Å². The molecule has 4 rings (SSSR count). The summed E-state index contributed by atoms with van der Waals surface area (Å²) >= 11 is 1.32. The number of hydrogen-bond acceptors (Lipinski definition) is 6. The second kappa shape index (κ2) is 9.21. The third kappa shape index (κ3) is 4.21. The lowest BCUT2D eigenvalue weighted by Gasteiger charge is -2.42. The Morgan fingerprint density at radius 2 is 1.60 bits per heavy atom. The summed E-state index contributed by atoms with van der Waals surface area (Å²) in [6, 6.07) is 8.58. The Balaban J connectivity index is 1.69. The standard InChI is InChI=1S/C19H25N4O5PS/c1-20-15-16(30-18-5-3-2-4-17(18)23(24)25)14-19(20)29(26,21-6-10-27-11-7-21)22-8-12-28-13-9-22/h2-5,14-15H,6-13H2,1H3. The smallest absolute Gasteiger partial charge is 0.283 e. The SMILES string of the molecule is Cn1cc(Sc2ccccc2[N+](=O)[O-])cc1P(=O)(N1CCOCC1)N1CCOCC1. The fourth-order valence-corrected chi connectivity index (χ4v) is 8.05. The normalized spacial score (nSPS) is 19.1. The first-order chi connectivity index (χ1) is 14.5. The highest BCUT2D eigenvalue weighted by molar-refractivity contribution is 7.99. The average Bonchev–Trinajstić information content (AvgIpc) is 3.15. The number of ether oxygens (including phenoxy) is 2. The summed E-state index contributed by atoms with van der Waals surface area (Å²) in [6.45, 7) is 4.62. The zero-order valence-electron chi connectivity index (χ0n) is 16.8. The van der Waals surface area contributed by atoms with E-state index in [0.29, 0.717) is 57.5 Å². The lowest BCUT2D eigenvalue weighted by atomic mass is 10.3. The van der Waals surface area contributed by atoms with Gasteiger partial charge in [-0.2, -0.15) is 0 Å². The van der Waals surface area contributed by atoms with Gasteiger partial charge in [0.25, 0.3) is 13.1 Å². The van der Waals surface area contributed by atoms with Crippen molar-refractivity contribution in [1.29, 1.82) is 0 Å². The number of hydrogen-bond donors (Lipinski definition) is 0. The van der Waals surface area contributed by atoms with Crippen molar-refractivity contribution < 1.29 is 19.0 Å². The van der Waals surface area contributed by atoms with Crippen molar-refractivity contribution in [2.24, 2.45) is 7.05 Å². The Morgan fingerprint density at radius 1 is 1.03 bits per heavy atom. The minimum absolute atomic E-state index is 0.0671. The van der Waals surface area contributed by atoms with E-state index < -0.39 is 7.44 Å². The first-order valence-corrected chi connectivity index (χ1v) is 12.3. The van der Waals surface area contributed by atoms with Gasteiger partial charge < -0.3 is 14.0 Å². The summed E-state index contributed by atoms with van der Waals surface area (Å²) in [7, 11) is -1.17. The van der Waals surface area contributed by atoms with Crippen LogP contribution in [0.1, 0.15) is 0 Å². The molecule has 0 bridgehead atoms. The van der Waals surface area contributed by atoms with Crippen LogP contribution in [0, 0.1) is 10.1 Å². The molecule has 3 heterocycles. The van der Waals surface area contributed by atoms with E-state index in [2.05, 4.69) is 0 Å². The van der Waals surface area contributed by atoms with Crippen LogP contribution >= 0.6 is 19.2 Å². The summed E-state index contributed by atoms with van der Waals surface area (Å²) in [5.74, 6) is 0. The van der Waals surface area contributed by atoms with E-state index in [9.17, 15) is 14.7 Å². The van der Waals surface area contributed by atoms with Gasteiger partial charge in [-0.15, -0.1) is 0 Å². The number of benzene rings is 1. The molecule has 162 valence electrons. The molecule has 0 amide bonds. The molecule has 0 saturated carbocycles. The molecule has 0 atom stereocenters. The van der Waals surface area contributed by atoms with E-state index in [1.54, 1.807) is 18.2 Å². The molecule has 0 spiro atoms. The zero-order valence-corrected chi connectivity index (χ0v) is 18.5. The number of nitro benzene ring substituents is 1. The fraction of sp³-hybridized carbons (Fsp3) is 0.474. The Kier molecular flexibility index (Phi) is 6.62. The first-order valence-electron chi connectivity index (χ1n) is 9.85. The van der Waals surface area contributed by atoms with Crippen LogP contribution in [0.15, 0.2) is 46.3 Å². The molecule has 2 aliphatic rings. The van der Waals surface area contributed by atoms with Gasteiger partial charge in [0.1, 0.15) is 5.44 Å². The predicted octanol–water partition coefficient (Wildman–Crippen LogP) is 2.57. The molecule has 0 N–H and O–H groups in total. The van der Waals surface area contributed by atoms with Crippen LogP contribution in [-0.4, -0.2) is 71.4 Å². The second-order valence-electron chi connectivity index (χ2n) is 7.15. The molecule has 2 aliphatic heterocycles. The van der Waals surface area contributed by atoms with Gasteiger partial charge in [-0.3, -0.25) is 14.7 Å². The molecular formula is C19H25N4O5PS. The van der Waals surface area contributed by atoms with Crippen molar-refractivity contribution >= 4 is 30.3 Å². The third-order valence-corrected chi connectivity index (χ3v) is 9.68. The van der Waals surface area contributed by atoms with Gasteiger partial charge in [0.2, 0.25) is 0 Å². The van der Waals surface area contributed by atoms with Crippen LogP contribution in [0.3, 0.4) is 0 Å². The van der Waals surface area contributed by atoms with Crippen LogP contribution in [-0.2, 0) is 21.1 Å². The predicted molar refractivity (Wildman–Crippen MR) is 115 cm³/mol. The van der Waals surface area contributed by atoms with Crippen molar-refractivity contribution in [2.75, 3.05) is 52.6 Å². The number of nitro groups is 1. The maximum absolute atomic E-state index is 14.6. The topological polar surface area (TPSA) is 90.1 Å². The minimum Gasteiger partial charge on any atom is -0.379 e. The maximum Gasteiger partial charge on any atom is 0.283 e. The van der Waals surface area contributed by atoms with Gasteiger partial charge in [0.15, 0.2) is 0 Å². The summed E-state index contributed by atoms with van der Waals surface area (Å²) in [4.78, 5) is 12.4. The molecule has 9 nitrogen and oxygen atoms in total. The van der Waals surface area contributed by atoms with Gasteiger partial charge in [-0.05, 0) is 12.1 Å². The Morgan fingerprint density at radius 3 is 2.17 bits per heavy atom. The molecule has 0 radical (unpaired) electrons. The summed E-state index contributed by atoms with van der Waals surface area (Å²) < 4.78 is 31.5. The molecule has 1 aromatic heterocycles. The number of aromatic nitrogens is 1. The van der Waals surface area contributed by atoms with E-state index in [1.165, 1.54) is 17.8 Å². The van der Waals surface area contributed by atoms with Crippen molar-refractivity contribution in [2.45, 2.75) is 9.79 Å². The summed E-state index contributed by atoms with van der Waals surface area (Å²) in [5.41, 5.74) is 0.796. The Bertz CT molecular complexity index is 934. The zero-order chi connectivity index (χ0) is 21.1. The minimum atomic E-state index is -3.05. The maximum atomic E-state index is 14.6. The monoisotopic (exact) mass is 452 g/mol. The van der Waals surface area contributed by atoms with E-state index in [1.807, 2.05) is 33.2 Å². The largest absolute Gasteiger partial charge is 0.379 e. The van der Waals surface area contributed by atoms with E-state index in [-0.39, 0.29) is 10.6 Å². The number of rotatable bonds is 6. The molecule has 2 saturated heterocycles. The fourth-order valence-electron chi connectivity index (χ4n) is 3.81. The van der Waals surface area contributed by atoms with E-state index >= 15 is 0 Å². The highest BCUT2D eigenvalue weighted by Crippen LogP contribution is 2.53. The van der Waals surface area contributed by atoms with Gasteiger partial charge in [-0.25, -0.2) is 9.34 Å². The van der Waals surface area contributed by atoms with Crippen LogP contribution < -0.4 is 5.44 Å². The Labute approximate surface area is 179 Å². The number of nitrogens with zero attached hydrogens (tertiary/aromatic N) is 4. The van der Waals surface area contributed by atoms with Crippen LogP contribution in [0.25, 0.3) is 0 Å². The molecule has 2 fully saturated rings. The molecule has 30 heavy (non-hydrogen) atoms. The Hall–Kier alpha value is -1.68.